The summed E-state index contributed by atoms with van der Waals surface area (Å²) in [6, 6.07) is 32.2. The van der Waals surface area contributed by atoms with Crippen LogP contribution in [0.25, 0.3) is 5.57 Å². The molecule has 1 fully saturated rings. The average molecular weight is 336 g/mol. The van der Waals surface area contributed by atoms with E-state index in [2.05, 4.69) is 111 Å². The summed E-state index contributed by atoms with van der Waals surface area (Å²) in [6.07, 6.45) is 1.11. The van der Waals surface area contributed by atoms with E-state index in [0.29, 0.717) is 5.92 Å². The minimum atomic E-state index is 0.135. The molecule has 0 saturated heterocycles. The summed E-state index contributed by atoms with van der Waals surface area (Å²) in [6.45, 7) is 4.63. The maximum Gasteiger partial charge on any atom is 0.0309 e. The molecule has 0 amide bonds. The second-order valence-corrected chi connectivity index (χ2v) is 7.06. The van der Waals surface area contributed by atoms with Gasteiger partial charge in [-0.25, -0.2) is 0 Å². The van der Waals surface area contributed by atoms with Gasteiger partial charge in [-0.2, -0.15) is 0 Å². The predicted octanol–water partition coefficient (Wildman–Crippen LogP) is 6.64. The second kappa shape index (κ2) is 6.83. The highest BCUT2D eigenvalue weighted by Crippen LogP contribution is 2.61. The third kappa shape index (κ3) is 2.73. The van der Waals surface area contributed by atoms with Gasteiger partial charge in [-0.3, -0.25) is 0 Å². The Morgan fingerprint density at radius 2 is 1.23 bits per heavy atom. The maximum absolute atomic E-state index is 3.85. The van der Waals surface area contributed by atoms with Gasteiger partial charge in [0.2, 0.25) is 0 Å². The predicted molar refractivity (Wildman–Crippen MR) is 110 cm³/mol. The molecule has 0 aromatic heterocycles. The molecule has 0 spiro atoms. The van der Waals surface area contributed by atoms with Crippen molar-refractivity contribution in [3.63, 3.8) is 0 Å². The van der Waals surface area contributed by atoms with Gasteiger partial charge in [-0.1, -0.05) is 105 Å². The summed E-state index contributed by atoms with van der Waals surface area (Å²) in [5, 5.41) is 0. The standard InChI is InChI=1S/C26H24/c1-3-26(23-17-11-6-12-18-23)20(2)25(26)19-24(21-13-7-4-8-14-21)22-15-9-5-10-16-22/h4-18,20H,3H2,1-2H3/t20-,26-/m1/s1. The van der Waals surface area contributed by atoms with Crippen LogP contribution in [0.2, 0.25) is 0 Å². The van der Waals surface area contributed by atoms with Crippen LogP contribution in [0.15, 0.2) is 102 Å². The summed E-state index contributed by atoms with van der Waals surface area (Å²) in [5.74, 6) is 0.525. The highest BCUT2D eigenvalue weighted by molar-refractivity contribution is 5.80. The van der Waals surface area contributed by atoms with E-state index in [0.717, 1.165) is 6.42 Å². The Morgan fingerprint density at radius 1 is 0.769 bits per heavy atom. The summed E-state index contributed by atoms with van der Waals surface area (Å²) < 4.78 is 0. The highest BCUT2D eigenvalue weighted by Gasteiger charge is 2.56. The summed E-state index contributed by atoms with van der Waals surface area (Å²) in [4.78, 5) is 0. The zero-order valence-electron chi connectivity index (χ0n) is 15.4. The lowest BCUT2D eigenvalue weighted by Gasteiger charge is -2.13. The van der Waals surface area contributed by atoms with E-state index < -0.39 is 0 Å². The Balaban J connectivity index is 1.92. The molecule has 2 atom stereocenters. The van der Waals surface area contributed by atoms with Gasteiger partial charge in [-0.05, 0) is 34.6 Å². The van der Waals surface area contributed by atoms with E-state index in [9.17, 15) is 0 Å². The molecule has 1 aliphatic rings. The smallest absolute Gasteiger partial charge is 0.0309 e. The molecule has 0 bridgehead atoms. The van der Waals surface area contributed by atoms with E-state index in [1.807, 2.05) is 0 Å². The highest BCUT2D eigenvalue weighted by atomic mass is 14.6. The van der Waals surface area contributed by atoms with Crippen LogP contribution in [0.4, 0.5) is 0 Å². The van der Waals surface area contributed by atoms with Crippen molar-refractivity contribution < 1.29 is 0 Å². The molecule has 4 rings (SSSR count). The van der Waals surface area contributed by atoms with Crippen LogP contribution in [0, 0.1) is 5.92 Å². The first kappa shape index (κ1) is 16.6. The molecular formula is C26H24. The van der Waals surface area contributed by atoms with Crippen molar-refractivity contribution in [1.82, 2.24) is 0 Å². The van der Waals surface area contributed by atoms with Crippen LogP contribution in [-0.2, 0) is 5.41 Å². The van der Waals surface area contributed by atoms with Gasteiger partial charge < -0.3 is 0 Å². The maximum atomic E-state index is 3.85. The Hall–Kier alpha value is -2.82. The van der Waals surface area contributed by atoms with Crippen LogP contribution in [0.5, 0.6) is 0 Å². The molecule has 0 radical (unpaired) electrons. The first-order valence-electron chi connectivity index (χ1n) is 9.45. The molecule has 0 N–H and O–H groups in total. The molecule has 128 valence electrons. The Bertz CT molecular complexity index is 903. The van der Waals surface area contributed by atoms with E-state index >= 15 is 0 Å². The van der Waals surface area contributed by atoms with Gasteiger partial charge in [0.15, 0.2) is 0 Å². The topological polar surface area (TPSA) is 0 Å². The SMILES string of the molecule is CC[C@@]1(c2ccccc2)C(=C=C(c2ccccc2)c2ccccc2)[C@H]1C. The molecular weight excluding hydrogens is 312 g/mol. The molecule has 0 heteroatoms. The Morgan fingerprint density at radius 3 is 1.69 bits per heavy atom. The van der Waals surface area contributed by atoms with Crippen molar-refractivity contribution in [2.75, 3.05) is 0 Å². The summed E-state index contributed by atoms with van der Waals surface area (Å²) in [7, 11) is 0. The van der Waals surface area contributed by atoms with E-state index in [-0.39, 0.29) is 5.41 Å². The number of allylic oxidation sites excluding steroid dienone is 1. The lowest BCUT2D eigenvalue weighted by Crippen LogP contribution is -2.07. The molecule has 0 aliphatic heterocycles. The quantitative estimate of drug-likeness (QED) is 0.468. The molecule has 26 heavy (non-hydrogen) atoms. The van der Waals surface area contributed by atoms with Gasteiger partial charge in [0.1, 0.15) is 0 Å². The van der Waals surface area contributed by atoms with Gasteiger partial charge in [0.25, 0.3) is 0 Å². The van der Waals surface area contributed by atoms with Gasteiger partial charge in [0, 0.05) is 11.0 Å². The zero-order valence-corrected chi connectivity index (χ0v) is 15.4. The third-order valence-corrected chi connectivity index (χ3v) is 5.80. The lowest BCUT2D eigenvalue weighted by atomic mass is 9.90. The van der Waals surface area contributed by atoms with Crippen molar-refractivity contribution in [1.29, 1.82) is 0 Å². The van der Waals surface area contributed by atoms with Crippen LogP contribution < -0.4 is 0 Å². The van der Waals surface area contributed by atoms with Crippen molar-refractivity contribution in [2.45, 2.75) is 25.7 Å². The first-order chi connectivity index (χ1) is 12.8. The summed E-state index contributed by atoms with van der Waals surface area (Å²) >= 11 is 0. The molecule has 1 saturated carbocycles. The van der Waals surface area contributed by atoms with Crippen molar-refractivity contribution >= 4 is 5.57 Å². The number of rotatable bonds is 4. The minimum Gasteiger partial charge on any atom is -0.111 e. The Kier molecular flexibility index (Phi) is 4.37. The Labute approximate surface area is 156 Å². The van der Waals surface area contributed by atoms with Crippen LogP contribution >= 0.6 is 0 Å². The summed E-state index contributed by atoms with van der Waals surface area (Å²) in [5.41, 5.74) is 10.5. The molecule has 0 heterocycles. The molecule has 1 aliphatic carbocycles. The lowest BCUT2D eigenvalue weighted by molar-refractivity contribution is 0.615. The van der Waals surface area contributed by atoms with Crippen LogP contribution in [-0.4, -0.2) is 0 Å². The molecule has 0 unspecified atom stereocenters. The fourth-order valence-electron chi connectivity index (χ4n) is 4.26. The largest absolute Gasteiger partial charge is 0.111 e. The number of benzene rings is 3. The normalized spacial score (nSPS) is 21.2. The molecule has 0 nitrogen and oxygen atoms in total. The van der Waals surface area contributed by atoms with Crippen LogP contribution in [0.1, 0.15) is 37.0 Å². The monoisotopic (exact) mass is 336 g/mol. The number of hydrogen-bond donors (Lipinski definition) is 0. The fourth-order valence-corrected chi connectivity index (χ4v) is 4.26. The third-order valence-electron chi connectivity index (χ3n) is 5.80. The number of hydrogen-bond acceptors (Lipinski definition) is 0. The molecule has 3 aromatic carbocycles. The van der Waals surface area contributed by atoms with E-state index in [4.69, 9.17) is 0 Å². The minimum absolute atomic E-state index is 0.135. The van der Waals surface area contributed by atoms with Gasteiger partial charge in [0.05, 0.1) is 0 Å². The fraction of sp³-hybridized carbons (Fsp3) is 0.192. The van der Waals surface area contributed by atoms with Gasteiger partial charge >= 0.3 is 0 Å². The first-order valence-corrected chi connectivity index (χ1v) is 9.45. The average Bonchev–Trinajstić information content (AvgIpc) is 3.31. The van der Waals surface area contributed by atoms with Crippen LogP contribution in [0.3, 0.4) is 0 Å². The second-order valence-electron chi connectivity index (χ2n) is 7.06. The van der Waals surface area contributed by atoms with E-state index in [1.165, 1.54) is 27.8 Å². The van der Waals surface area contributed by atoms with Crippen molar-refractivity contribution in [2.24, 2.45) is 5.92 Å². The van der Waals surface area contributed by atoms with E-state index in [1.54, 1.807) is 0 Å². The van der Waals surface area contributed by atoms with Crippen molar-refractivity contribution in [3.8, 4) is 0 Å². The van der Waals surface area contributed by atoms with Gasteiger partial charge in [-0.15, -0.1) is 5.73 Å². The molecule has 3 aromatic rings. The van der Waals surface area contributed by atoms with Crippen molar-refractivity contribution in [3.05, 3.63) is 119 Å². The zero-order chi connectivity index (χ0) is 18.0.